The zero-order valence-electron chi connectivity index (χ0n) is 16.4. The van der Waals surface area contributed by atoms with Crippen molar-refractivity contribution >= 4 is 10.0 Å². The number of benzene rings is 1. The van der Waals surface area contributed by atoms with Gasteiger partial charge < -0.3 is 0 Å². The lowest BCUT2D eigenvalue weighted by Crippen LogP contribution is -2.34. The van der Waals surface area contributed by atoms with E-state index in [4.69, 9.17) is 0 Å². The molecule has 4 nitrogen and oxygen atoms in total. The summed E-state index contributed by atoms with van der Waals surface area (Å²) in [6, 6.07) is 12.9. The van der Waals surface area contributed by atoms with Gasteiger partial charge in [0.1, 0.15) is 0 Å². The molecule has 2 atom stereocenters. The first-order chi connectivity index (χ1) is 12.8. The topological polar surface area (TPSA) is 50.3 Å². The van der Waals surface area contributed by atoms with Crippen molar-refractivity contribution in [2.75, 3.05) is 6.54 Å². The third kappa shape index (κ3) is 3.29. The fourth-order valence-corrected chi connectivity index (χ4v) is 5.71. The largest absolute Gasteiger partial charge is 0.269 e. The first kappa shape index (κ1) is 19.6. The van der Waals surface area contributed by atoms with Gasteiger partial charge >= 0.3 is 0 Å². The van der Waals surface area contributed by atoms with E-state index in [1.807, 2.05) is 37.3 Å². The molecule has 0 N–H and O–H groups in total. The Morgan fingerprint density at radius 1 is 1.22 bits per heavy atom. The Labute approximate surface area is 163 Å². The van der Waals surface area contributed by atoms with Crippen LogP contribution in [0.1, 0.15) is 44.4 Å². The molecule has 1 aliphatic heterocycles. The van der Waals surface area contributed by atoms with Crippen LogP contribution in [0.2, 0.25) is 0 Å². The number of allylic oxidation sites excluding steroid dienone is 1. The Morgan fingerprint density at radius 2 is 1.93 bits per heavy atom. The number of hydrogen-bond acceptors (Lipinski definition) is 3. The lowest BCUT2D eigenvalue weighted by molar-refractivity contribution is 0.351. The van der Waals surface area contributed by atoms with Crippen molar-refractivity contribution < 1.29 is 8.42 Å². The number of aryl methyl sites for hydroxylation is 1. The molecule has 0 bridgehead atoms. The van der Waals surface area contributed by atoms with E-state index in [-0.39, 0.29) is 5.92 Å². The van der Waals surface area contributed by atoms with Crippen LogP contribution in [-0.2, 0) is 15.4 Å². The lowest BCUT2D eigenvalue weighted by Gasteiger charge is -2.34. The number of nitrogens with zero attached hydrogens (tertiary/aromatic N) is 2. The van der Waals surface area contributed by atoms with Gasteiger partial charge in [-0.3, -0.25) is 9.29 Å². The number of hydrogen-bond donors (Lipinski definition) is 0. The van der Waals surface area contributed by atoms with Crippen molar-refractivity contribution in [1.29, 1.82) is 0 Å². The SMILES string of the molecule is C=C1N(S(=O)(=O)c2ccc(C)cc2)CC(C)[C@@]1(CCCC)c1ccccn1. The lowest BCUT2D eigenvalue weighted by atomic mass is 9.70. The van der Waals surface area contributed by atoms with E-state index in [0.717, 1.165) is 30.5 Å². The molecule has 2 heterocycles. The Morgan fingerprint density at radius 3 is 2.52 bits per heavy atom. The van der Waals surface area contributed by atoms with Gasteiger partial charge in [0, 0.05) is 18.4 Å². The second-order valence-electron chi connectivity index (χ2n) is 7.49. The summed E-state index contributed by atoms with van der Waals surface area (Å²) in [5.41, 5.74) is 2.14. The summed E-state index contributed by atoms with van der Waals surface area (Å²) < 4.78 is 28.2. The van der Waals surface area contributed by atoms with Crippen LogP contribution in [0.5, 0.6) is 0 Å². The fourth-order valence-electron chi connectivity index (χ4n) is 4.10. The second kappa shape index (κ2) is 7.47. The maximum absolute atomic E-state index is 13.3. The van der Waals surface area contributed by atoms with Crippen molar-refractivity contribution in [2.24, 2.45) is 5.92 Å². The highest BCUT2D eigenvalue weighted by Crippen LogP contribution is 2.50. The van der Waals surface area contributed by atoms with Gasteiger partial charge in [0.25, 0.3) is 10.0 Å². The van der Waals surface area contributed by atoms with Crippen molar-refractivity contribution in [1.82, 2.24) is 9.29 Å². The molecule has 0 aliphatic carbocycles. The van der Waals surface area contributed by atoms with Crippen LogP contribution in [-0.4, -0.2) is 24.3 Å². The van der Waals surface area contributed by atoms with Crippen LogP contribution in [0.15, 0.2) is 65.8 Å². The molecule has 0 saturated carbocycles. The van der Waals surface area contributed by atoms with Crippen LogP contribution in [0.25, 0.3) is 0 Å². The molecule has 144 valence electrons. The number of unbranched alkanes of at least 4 members (excludes halogenated alkanes) is 1. The second-order valence-corrected chi connectivity index (χ2v) is 9.35. The molecule has 0 amide bonds. The number of rotatable bonds is 6. The highest BCUT2D eigenvalue weighted by atomic mass is 32.2. The van der Waals surface area contributed by atoms with E-state index in [2.05, 4.69) is 25.4 Å². The normalized spacial score (nSPS) is 23.0. The van der Waals surface area contributed by atoms with E-state index in [1.165, 1.54) is 4.31 Å². The third-order valence-corrected chi connectivity index (χ3v) is 7.57. The van der Waals surface area contributed by atoms with Crippen molar-refractivity contribution in [2.45, 2.75) is 50.3 Å². The van der Waals surface area contributed by atoms with E-state index in [1.54, 1.807) is 18.3 Å². The molecule has 1 fully saturated rings. The van der Waals surface area contributed by atoms with Gasteiger partial charge in [0.05, 0.1) is 16.0 Å². The van der Waals surface area contributed by atoms with Crippen LogP contribution in [0.3, 0.4) is 0 Å². The molecule has 3 rings (SSSR count). The van der Waals surface area contributed by atoms with E-state index < -0.39 is 15.4 Å². The Hall–Kier alpha value is -2.14. The smallest absolute Gasteiger partial charge is 0.264 e. The van der Waals surface area contributed by atoms with Crippen LogP contribution < -0.4 is 0 Å². The summed E-state index contributed by atoms with van der Waals surface area (Å²) in [6.45, 7) is 10.9. The van der Waals surface area contributed by atoms with Gasteiger partial charge in [-0.1, -0.05) is 57.0 Å². The summed E-state index contributed by atoms with van der Waals surface area (Å²) in [6.07, 6.45) is 4.66. The van der Waals surface area contributed by atoms with E-state index >= 15 is 0 Å². The summed E-state index contributed by atoms with van der Waals surface area (Å²) in [4.78, 5) is 4.92. The number of aromatic nitrogens is 1. The summed E-state index contributed by atoms with van der Waals surface area (Å²) in [7, 11) is -3.64. The van der Waals surface area contributed by atoms with E-state index in [9.17, 15) is 8.42 Å². The number of pyridine rings is 1. The summed E-state index contributed by atoms with van der Waals surface area (Å²) in [5, 5.41) is 0. The zero-order chi connectivity index (χ0) is 19.7. The highest BCUT2D eigenvalue weighted by Gasteiger charge is 2.52. The van der Waals surface area contributed by atoms with Crippen LogP contribution >= 0.6 is 0 Å². The Balaban J connectivity index is 2.06. The minimum absolute atomic E-state index is 0.103. The molecule has 5 heteroatoms. The average molecular weight is 385 g/mol. The summed E-state index contributed by atoms with van der Waals surface area (Å²) in [5.74, 6) is 0.103. The van der Waals surface area contributed by atoms with E-state index in [0.29, 0.717) is 17.1 Å². The molecule has 0 spiro atoms. The van der Waals surface area contributed by atoms with Gasteiger partial charge in [0.15, 0.2) is 0 Å². The molecule has 0 radical (unpaired) electrons. The van der Waals surface area contributed by atoms with Crippen LogP contribution in [0.4, 0.5) is 0 Å². The molecule has 1 unspecified atom stereocenters. The van der Waals surface area contributed by atoms with Crippen molar-refractivity contribution in [3.05, 3.63) is 72.2 Å². The Bertz CT molecular complexity index is 907. The van der Waals surface area contributed by atoms with Gasteiger partial charge in [-0.05, 0) is 43.5 Å². The van der Waals surface area contributed by atoms with Crippen molar-refractivity contribution in [3.63, 3.8) is 0 Å². The predicted octanol–water partition coefficient (Wildman–Crippen LogP) is 4.67. The molecular formula is C22H28N2O2S. The molecule has 27 heavy (non-hydrogen) atoms. The molecule has 1 aromatic carbocycles. The standard InChI is InChI=1S/C22H28N2O2S/c1-5-6-14-22(21-9-7-8-15-23-21)18(3)16-24(19(22)4)27(25,26)20-12-10-17(2)11-13-20/h7-13,15,18H,4-6,14,16H2,1-3H3/t18?,22-/m1/s1. The number of sulfonamides is 1. The molecular weight excluding hydrogens is 356 g/mol. The van der Waals surface area contributed by atoms with Gasteiger partial charge in [-0.15, -0.1) is 0 Å². The van der Waals surface area contributed by atoms with Crippen LogP contribution in [0, 0.1) is 12.8 Å². The monoisotopic (exact) mass is 384 g/mol. The quantitative estimate of drug-likeness (QED) is 0.727. The zero-order valence-corrected chi connectivity index (χ0v) is 17.2. The first-order valence-corrected chi connectivity index (χ1v) is 11.0. The van der Waals surface area contributed by atoms with Crippen molar-refractivity contribution in [3.8, 4) is 0 Å². The van der Waals surface area contributed by atoms with Gasteiger partial charge in [0.2, 0.25) is 0 Å². The summed E-state index contributed by atoms with van der Waals surface area (Å²) >= 11 is 0. The fraction of sp³-hybridized carbons (Fsp3) is 0.409. The minimum atomic E-state index is -3.64. The minimum Gasteiger partial charge on any atom is -0.269 e. The average Bonchev–Trinajstić information content (AvgIpc) is 2.93. The third-order valence-electron chi connectivity index (χ3n) is 5.75. The van der Waals surface area contributed by atoms with Gasteiger partial charge in [-0.25, -0.2) is 8.42 Å². The van der Waals surface area contributed by atoms with Gasteiger partial charge in [-0.2, -0.15) is 0 Å². The molecule has 1 saturated heterocycles. The molecule has 2 aromatic rings. The maximum atomic E-state index is 13.3. The maximum Gasteiger partial charge on any atom is 0.264 e. The molecule has 1 aliphatic rings. The Kier molecular flexibility index (Phi) is 5.43. The highest BCUT2D eigenvalue weighted by molar-refractivity contribution is 7.89. The predicted molar refractivity (Wildman–Crippen MR) is 109 cm³/mol. The first-order valence-electron chi connectivity index (χ1n) is 9.54. The molecule has 1 aromatic heterocycles.